The van der Waals surface area contributed by atoms with Crippen LogP contribution in [-0.4, -0.2) is 21.6 Å². The molecular formula is C19H16N5+. The number of aliphatic imine (C=N–C) groups is 2. The molecule has 3 N–H and O–H groups in total. The smallest absolute Gasteiger partial charge is 0.281 e. The second-order valence-electron chi connectivity index (χ2n) is 6.28. The highest BCUT2D eigenvalue weighted by Crippen LogP contribution is 2.36. The molecule has 5 nitrogen and oxygen atoms in total. The van der Waals surface area contributed by atoms with Crippen molar-refractivity contribution in [3.05, 3.63) is 83.1 Å². The van der Waals surface area contributed by atoms with Crippen LogP contribution in [0.2, 0.25) is 0 Å². The van der Waals surface area contributed by atoms with Gasteiger partial charge in [0.2, 0.25) is 5.70 Å². The Morgan fingerprint density at radius 3 is 2.88 bits per heavy atom. The number of amidine groups is 1. The van der Waals surface area contributed by atoms with Crippen LogP contribution in [0, 0.1) is 6.92 Å². The van der Waals surface area contributed by atoms with Gasteiger partial charge in [-0.15, -0.1) is 4.59 Å². The van der Waals surface area contributed by atoms with Crippen molar-refractivity contribution in [2.24, 2.45) is 15.8 Å². The van der Waals surface area contributed by atoms with E-state index in [2.05, 4.69) is 41.2 Å². The van der Waals surface area contributed by atoms with E-state index in [9.17, 15) is 0 Å². The first-order valence-electron chi connectivity index (χ1n) is 7.86. The molecular weight excluding hydrogens is 298 g/mol. The SMILES string of the molecule is Cc1ccc2[nH]c(C3=NC(C4=CC=C4)=C4C=NC=C[N+]34N)cc2c1. The molecule has 1 aliphatic carbocycles. The average Bonchev–Trinajstić information content (AvgIpc) is 3.04. The largest absolute Gasteiger partial charge is 0.349 e. The first kappa shape index (κ1) is 13.4. The zero-order valence-electron chi connectivity index (χ0n) is 13.2. The van der Waals surface area contributed by atoms with E-state index >= 15 is 0 Å². The molecule has 0 bridgehead atoms. The molecule has 1 unspecified atom stereocenters. The highest BCUT2D eigenvalue weighted by molar-refractivity contribution is 6.03. The van der Waals surface area contributed by atoms with Crippen LogP contribution in [0.1, 0.15) is 11.3 Å². The minimum atomic E-state index is 0.0375. The molecule has 1 aromatic carbocycles. The summed E-state index contributed by atoms with van der Waals surface area (Å²) in [6.45, 7) is 2.09. The Kier molecular flexibility index (Phi) is 2.52. The quantitative estimate of drug-likeness (QED) is 0.649. The molecule has 0 amide bonds. The van der Waals surface area contributed by atoms with E-state index in [1.165, 1.54) is 5.56 Å². The zero-order valence-corrected chi connectivity index (χ0v) is 13.2. The first-order valence-corrected chi connectivity index (χ1v) is 7.86. The Morgan fingerprint density at radius 1 is 1.21 bits per heavy atom. The summed E-state index contributed by atoms with van der Waals surface area (Å²) in [4.78, 5) is 12.6. The average molecular weight is 314 g/mol. The standard InChI is InChI=1S/C19H16N5/c1-12-5-6-15-14(9-12)10-16(22-15)19-23-18(13-3-2-4-13)17-11-21-7-8-24(17,19)20/h2-11,22H,20H2,1H3/q+1. The number of nitrogens with zero attached hydrogens (tertiary/aromatic N) is 3. The second kappa shape index (κ2) is 4.50. The van der Waals surface area contributed by atoms with Gasteiger partial charge >= 0.3 is 0 Å². The highest BCUT2D eigenvalue weighted by atomic mass is 15.6. The van der Waals surface area contributed by atoms with Crippen LogP contribution < -0.4 is 5.84 Å². The van der Waals surface area contributed by atoms with Crippen LogP contribution in [0.15, 0.2) is 81.8 Å². The monoisotopic (exact) mass is 314 g/mol. The lowest BCUT2D eigenvalue weighted by Crippen LogP contribution is -2.53. The number of aromatic amines is 1. The number of nitrogens with two attached hydrogens (primary N) is 1. The van der Waals surface area contributed by atoms with Crippen molar-refractivity contribution in [3.8, 4) is 0 Å². The Balaban J connectivity index is 1.70. The van der Waals surface area contributed by atoms with Crippen LogP contribution in [0.25, 0.3) is 10.9 Å². The number of nitrogens with one attached hydrogen (secondary N) is 1. The molecule has 2 aromatic rings. The molecule has 0 fully saturated rings. The first-order chi connectivity index (χ1) is 11.6. The van der Waals surface area contributed by atoms with E-state index in [4.69, 9.17) is 10.8 Å². The topological polar surface area (TPSA) is 66.5 Å². The molecule has 5 heteroatoms. The normalized spacial score (nSPS) is 24.2. The number of fused-ring (bicyclic) bond motifs is 2. The predicted molar refractivity (Wildman–Crippen MR) is 95.9 cm³/mol. The van der Waals surface area contributed by atoms with Crippen molar-refractivity contribution in [2.75, 3.05) is 0 Å². The van der Waals surface area contributed by atoms with Crippen LogP contribution in [0.3, 0.4) is 0 Å². The number of allylic oxidation sites excluding steroid dienone is 4. The fourth-order valence-electron chi connectivity index (χ4n) is 3.29. The maximum Gasteiger partial charge on any atom is 0.281 e. The highest BCUT2D eigenvalue weighted by Gasteiger charge is 2.45. The van der Waals surface area contributed by atoms with E-state index in [1.54, 1.807) is 12.4 Å². The number of hydrogen-bond donors (Lipinski definition) is 2. The van der Waals surface area contributed by atoms with Crippen LogP contribution in [0.4, 0.5) is 0 Å². The molecule has 1 aromatic heterocycles. The molecule has 5 rings (SSSR count). The molecule has 0 saturated carbocycles. The lowest BCUT2D eigenvalue weighted by molar-refractivity contribution is -0.750. The summed E-state index contributed by atoms with van der Waals surface area (Å²) in [6.07, 6.45) is 11.5. The van der Waals surface area contributed by atoms with Gasteiger partial charge in [-0.25, -0.2) is 0 Å². The molecule has 0 spiro atoms. The van der Waals surface area contributed by atoms with E-state index in [0.717, 1.165) is 39.4 Å². The number of aromatic nitrogens is 1. The van der Waals surface area contributed by atoms with Crippen molar-refractivity contribution in [2.45, 2.75) is 6.92 Å². The van der Waals surface area contributed by atoms with Gasteiger partial charge < -0.3 is 4.98 Å². The summed E-state index contributed by atoms with van der Waals surface area (Å²) in [7, 11) is 0. The number of aryl methyl sites for hydroxylation is 1. The summed E-state index contributed by atoms with van der Waals surface area (Å²) in [5.41, 5.74) is 6.09. The summed E-state index contributed by atoms with van der Waals surface area (Å²) >= 11 is 0. The van der Waals surface area contributed by atoms with Crippen LogP contribution >= 0.6 is 0 Å². The van der Waals surface area contributed by atoms with Gasteiger partial charge in [0.05, 0.1) is 12.4 Å². The van der Waals surface area contributed by atoms with Crippen molar-refractivity contribution in [1.29, 1.82) is 0 Å². The zero-order chi connectivity index (χ0) is 16.3. The predicted octanol–water partition coefficient (Wildman–Crippen LogP) is 3.19. The Hall–Kier alpha value is -3.02. The van der Waals surface area contributed by atoms with Gasteiger partial charge in [0.1, 0.15) is 17.6 Å². The van der Waals surface area contributed by atoms with Crippen molar-refractivity contribution >= 4 is 23.0 Å². The minimum absolute atomic E-state index is 0.0375. The summed E-state index contributed by atoms with van der Waals surface area (Å²) < 4.78 is 0.0375. The fraction of sp³-hybridized carbons (Fsp3) is 0.0526. The number of hydrogen-bond acceptors (Lipinski definition) is 3. The number of H-pyrrole nitrogens is 1. The van der Waals surface area contributed by atoms with E-state index in [0.29, 0.717) is 0 Å². The Bertz CT molecular complexity index is 1070. The lowest BCUT2D eigenvalue weighted by atomic mass is 10.0. The van der Waals surface area contributed by atoms with Gasteiger partial charge in [-0.1, -0.05) is 29.9 Å². The number of benzene rings is 1. The van der Waals surface area contributed by atoms with Gasteiger partial charge in [-0.05, 0) is 25.1 Å². The molecule has 0 radical (unpaired) electrons. The van der Waals surface area contributed by atoms with Crippen LogP contribution in [0.5, 0.6) is 0 Å². The lowest BCUT2D eigenvalue weighted by Gasteiger charge is -2.25. The van der Waals surface area contributed by atoms with Gasteiger partial charge in [0.15, 0.2) is 0 Å². The second-order valence-corrected chi connectivity index (χ2v) is 6.28. The van der Waals surface area contributed by atoms with Crippen molar-refractivity contribution in [3.63, 3.8) is 0 Å². The Labute approximate surface area is 139 Å². The molecule has 0 saturated heterocycles. The third-order valence-electron chi connectivity index (χ3n) is 4.64. The molecule has 2 aliphatic heterocycles. The summed E-state index contributed by atoms with van der Waals surface area (Å²) in [6, 6.07) is 8.45. The van der Waals surface area contributed by atoms with E-state index < -0.39 is 0 Å². The molecule has 116 valence electrons. The van der Waals surface area contributed by atoms with Gasteiger partial charge in [0.25, 0.3) is 5.84 Å². The van der Waals surface area contributed by atoms with Crippen molar-refractivity contribution in [1.82, 2.24) is 4.98 Å². The number of rotatable bonds is 2. The van der Waals surface area contributed by atoms with Gasteiger partial charge in [0, 0.05) is 16.5 Å². The van der Waals surface area contributed by atoms with Gasteiger partial charge in [-0.3, -0.25) is 4.99 Å². The van der Waals surface area contributed by atoms with Crippen molar-refractivity contribution < 1.29 is 4.59 Å². The third-order valence-corrected chi connectivity index (χ3v) is 4.64. The maximum absolute atomic E-state index is 6.70. The molecule has 3 aliphatic rings. The van der Waals surface area contributed by atoms with E-state index in [-0.39, 0.29) is 4.59 Å². The minimum Gasteiger partial charge on any atom is -0.349 e. The third kappa shape index (κ3) is 1.71. The molecule has 1 atom stereocenters. The van der Waals surface area contributed by atoms with Crippen LogP contribution in [-0.2, 0) is 0 Å². The summed E-state index contributed by atoms with van der Waals surface area (Å²) in [5, 5.41) is 1.16. The summed E-state index contributed by atoms with van der Waals surface area (Å²) in [5.74, 6) is 7.47. The maximum atomic E-state index is 6.70. The number of quaternary nitrogens is 1. The fourth-order valence-corrected chi connectivity index (χ4v) is 3.29. The van der Waals surface area contributed by atoms with E-state index in [1.807, 2.05) is 24.4 Å². The molecule has 3 heterocycles. The van der Waals surface area contributed by atoms with Gasteiger partial charge in [-0.2, -0.15) is 10.8 Å². The Morgan fingerprint density at radius 2 is 2.08 bits per heavy atom. The molecule has 24 heavy (non-hydrogen) atoms.